The molecule has 0 fully saturated rings. The minimum Gasteiger partial charge on any atom is -0.378 e. The summed E-state index contributed by atoms with van der Waals surface area (Å²) in [5.41, 5.74) is 6.31. The maximum atomic E-state index is 5.65. The zero-order chi connectivity index (χ0) is 12.9. The summed E-state index contributed by atoms with van der Waals surface area (Å²) in [5, 5.41) is 7.87. The Bertz CT molecular complexity index is 334. The average Bonchev–Trinajstić information content (AvgIpc) is 2.72. The highest BCUT2D eigenvalue weighted by molar-refractivity contribution is 4.90. The second kappa shape index (κ2) is 6.09. The van der Waals surface area contributed by atoms with Gasteiger partial charge in [0, 0.05) is 18.3 Å². The van der Waals surface area contributed by atoms with Gasteiger partial charge >= 0.3 is 0 Å². The SMILES string of the molecule is CN(C)C(C)(C)COCCn1cc(CN)nn1. The molecule has 1 rings (SSSR count). The van der Waals surface area contributed by atoms with Gasteiger partial charge < -0.3 is 15.4 Å². The van der Waals surface area contributed by atoms with Gasteiger partial charge in [-0.15, -0.1) is 5.10 Å². The van der Waals surface area contributed by atoms with Gasteiger partial charge in [0.2, 0.25) is 0 Å². The second-order valence-corrected chi connectivity index (χ2v) is 4.94. The van der Waals surface area contributed by atoms with Gasteiger partial charge in [-0.2, -0.15) is 0 Å². The van der Waals surface area contributed by atoms with Gasteiger partial charge in [0.15, 0.2) is 0 Å². The molecule has 6 nitrogen and oxygen atoms in total. The first kappa shape index (κ1) is 14.1. The van der Waals surface area contributed by atoms with E-state index in [1.54, 1.807) is 4.68 Å². The summed E-state index contributed by atoms with van der Waals surface area (Å²) in [6.07, 6.45) is 1.85. The van der Waals surface area contributed by atoms with Gasteiger partial charge in [-0.1, -0.05) is 5.21 Å². The molecule has 0 bridgehead atoms. The molecule has 17 heavy (non-hydrogen) atoms. The van der Waals surface area contributed by atoms with Crippen LogP contribution < -0.4 is 5.73 Å². The summed E-state index contributed by atoms with van der Waals surface area (Å²) in [5.74, 6) is 0. The third-order valence-electron chi connectivity index (χ3n) is 2.93. The van der Waals surface area contributed by atoms with E-state index in [1.165, 1.54) is 0 Å². The van der Waals surface area contributed by atoms with E-state index in [0.717, 1.165) is 5.69 Å². The summed E-state index contributed by atoms with van der Waals surface area (Å²) in [6.45, 7) is 6.75. The summed E-state index contributed by atoms with van der Waals surface area (Å²) in [4.78, 5) is 2.15. The lowest BCUT2D eigenvalue weighted by atomic mass is 10.1. The predicted molar refractivity (Wildman–Crippen MR) is 66.5 cm³/mol. The van der Waals surface area contributed by atoms with E-state index in [2.05, 4.69) is 29.1 Å². The van der Waals surface area contributed by atoms with Crippen LogP contribution in [-0.2, 0) is 17.8 Å². The fourth-order valence-corrected chi connectivity index (χ4v) is 1.15. The molecule has 0 aliphatic heterocycles. The molecule has 1 aromatic rings. The Balaban J connectivity index is 2.24. The molecule has 0 atom stereocenters. The van der Waals surface area contributed by atoms with Crippen LogP contribution in [-0.4, -0.2) is 52.7 Å². The molecule has 0 radical (unpaired) electrons. The number of ether oxygens (including phenoxy) is 1. The largest absolute Gasteiger partial charge is 0.378 e. The maximum Gasteiger partial charge on any atom is 0.0962 e. The minimum absolute atomic E-state index is 0.0464. The van der Waals surface area contributed by atoms with Crippen molar-refractivity contribution in [2.75, 3.05) is 27.3 Å². The average molecular weight is 241 g/mol. The van der Waals surface area contributed by atoms with Crippen molar-refractivity contribution in [2.45, 2.75) is 32.5 Å². The summed E-state index contributed by atoms with van der Waals surface area (Å²) >= 11 is 0. The van der Waals surface area contributed by atoms with Crippen molar-refractivity contribution in [2.24, 2.45) is 5.73 Å². The number of aromatic nitrogens is 3. The first-order chi connectivity index (χ1) is 7.95. The van der Waals surface area contributed by atoms with Crippen LogP contribution >= 0.6 is 0 Å². The Morgan fingerprint density at radius 2 is 2.18 bits per heavy atom. The highest BCUT2D eigenvalue weighted by Crippen LogP contribution is 2.09. The number of rotatable bonds is 7. The summed E-state index contributed by atoms with van der Waals surface area (Å²) < 4.78 is 7.40. The predicted octanol–water partition coefficient (Wildman–Crippen LogP) is 0.0936. The number of likely N-dealkylation sites (N-methyl/N-ethyl adjacent to an activating group) is 1. The van der Waals surface area contributed by atoms with E-state index in [1.807, 2.05) is 20.3 Å². The van der Waals surface area contributed by atoms with E-state index in [-0.39, 0.29) is 5.54 Å². The van der Waals surface area contributed by atoms with E-state index in [9.17, 15) is 0 Å². The molecule has 0 aliphatic carbocycles. The molecular weight excluding hydrogens is 218 g/mol. The third kappa shape index (κ3) is 4.41. The Kier molecular flexibility index (Phi) is 5.04. The maximum absolute atomic E-state index is 5.65. The standard InChI is InChI=1S/C11H23N5O/c1-11(2,15(3)4)9-17-6-5-16-8-10(7-12)13-14-16/h8H,5-7,9,12H2,1-4H3. The molecule has 2 N–H and O–H groups in total. The molecule has 98 valence electrons. The van der Waals surface area contributed by atoms with Crippen molar-refractivity contribution < 1.29 is 4.74 Å². The Morgan fingerprint density at radius 1 is 1.47 bits per heavy atom. The Hall–Kier alpha value is -0.980. The van der Waals surface area contributed by atoms with Crippen LogP contribution in [0.4, 0.5) is 0 Å². The lowest BCUT2D eigenvalue weighted by Gasteiger charge is -2.32. The van der Waals surface area contributed by atoms with Gasteiger partial charge in [0.1, 0.15) is 0 Å². The second-order valence-electron chi connectivity index (χ2n) is 4.94. The molecule has 1 heterocycles. The van der Waals surface area contributed by atoms with Crippen molar-refractivity contribution in [3.63, 3.8) is 0 Å². The molecule has 0 aliphatic rings. The lowest BCUT2D eigenvalue weighted by molar-refractivity contribution is 0.0317. The van der Waals surface area contributed by atoms with E-state index in [4.69, 9.17) is 10.5 Å². The summed E-state index contributed by atoms with van der Waals surface area (Å²) in [6, 6.07) is 0. The van der Waals surface area contributed by atoms with Gasteiger partial charge in [-0.3, -0.25) is 0 Å². The zero-order valence-corrected chi connectivity index (χ0v) is 11.2. The van der Waals surface area contributed by atoms with Crippen LogP contribution in [0.2, 0.25) is 0 Å². The molecule has 0 aromatic carbocycles. The topological polar surface area (TPSA) is 69.2 Å². The number of hydrogen-bond donors (Lipinski definition) is 1. The molecule has 0 saturated heterocycles. The smallest absolute Gasteiger partial charge is 0.0962 e. The van der Waals surface area contributed by atoms with Crippen LogP contribution in [0.15, 0.2) is 6.20 Å². The van der Waals surface area contributed by atoms with Crippen molar-refractivity contribution in [3.05, 3.63) is 11.9 Å². The van der Waals surface area contributed by atoms with Crippen LogP contribution in [0.5, 0.6) is 0 Å². The fraction of sp³-hybridized carbons (Fsp3) is 0.818. The molecular formula is C11H23N5O. The number of hydrogen-bond acceptors (Lipinski definition) is 5. The first-order valence-corrected chi connectivity index (χ1v) is 5.80. The van der Waals surface area contributed by atoms with Crippen molar-refractivity contribution in [3.8, 4) is 0 Å². The molecule has 0 amide bonds. The van der Waals surface area contributed by atoms with Crippen molar-refractivity contribution >= 4 is 0 Å². The van der Waals surface area contributed by atoms with Crippen molar-refractivity contribution in [1.82, 2.24) is 19.9 Å². The molecule has 1 aromatic heterocycles. The van der Waals surface area contributed by atoms with Gasteiger partial charge in [0.05, 0.1) is 25.5 Å². The number of nitrogens with two attached hydrogens (primary N) is 1. The van der Waals surface area contributed by atoms with E-state index >= 15 is 0 Å². The minimum atomic E-state index is 0.0464. The van der Waals surface area contributed by atoms with Crippen LogP contribution in [0.3, 0.4) is 0 Å². The summed E-state index contributed by atoms with van der Waals surface area (Å²) in [7, 11) is 4.10. The highest BCUT2D eigenvalue weighted by Gasteiger charge is 2.20. The molecule has 0 unspecified atom stereocenters. The third-order valence-corrected chi connectivity index (χ3v) is 2.93. The first-order valence-electron chi connectivity index (χ1n) is 5.80. The van der Waals surface area contributed by atoms with Gasteiger partial charge in [-0.05, 0) is 27.9 Å². The zero-order valence-electron chi connectivity index (χ0n) is 11.2. The van der Waals surface area contributed by atoms with E-state index in [0.29, 0.717) is 26.3 Å². The van der Waals surface area contributed by atoms with Crippen molar-refractivity contribution in [1.29, 1.82) is 0 Å². The molecule has 0 spiro atoms. The quantitative estimate of drug-likeness (QED) is 0.685. The Morgan fingerprint density at radius 3 is 2.71 bits per heavy atom. The van der Waals surface area contributed by atoms with Crippen LogP contribution in [0, 0.1) is 0 Å². The van der Waals surface area contributed by atoms with Crippen LogP contribution in [0.1, 0.15) is 19.5 Å². The molecule has 6 heteroatoms. The number of nitrogens with zero attached hydrogens (tertiary/aromatic N) is 4. The van der Waals surface area contributed by atoms with Gasteiger partial charge in [0.25, 0.3) is 0 Å². The van der Waals surface area contributed by atoms with Gasteiger partial charge in [-0.25, -0.2) is 4.68 Å². The fourth-order valence-electron chi connectivity index (χ4n) is 1.15. The lowest BCUT2D eigenvalue weighted by Crippen LogP contribution is -2.42. The van der Waals surface area contributed by atoms with Crippen LogP contribution in [0.25, 0.3) is 0 Å². The van der Waals surface area contributed by atoms with E-state index < -0.39 is 0 Å². The monoisotopic (exact) mass is 241 g/mol. The Labute approximate surface area is 103 Å². The highest BCUT2D eigenvalue weighted by atomic mass is 16.5. The molecule has 0 saturated carbocycles. The normalized spacial score (nSPS) is 12.4.